The maximum Gasteiger partial charge on any atom is 0.212 e. The van der Waals surface area contributed by atoms with Gasteiger partial charge in [0.25, 0.3) is 0 Å². The molecule has 14 heteroatoms. The molecule has 1 aliphatic heterocycles. The molecule has 4 atom stereocenters. The lowest BCUT2D eigenvalue weighted by molar-refractivity contribution is -0.265. The van der Waals surface area contributed by atoms with Crippen LogP contribution in [0.1, 0.15) is 55.5 Å². The van der Waals surface area contributed by atoms with Crippen LogP contribution in [0.15, 0.2) is 22.9 Å². The number of nitrogens with zero attached hydrogens (tertiary/aromatic N) is 4. The molecule has 1 saturated carbocycles. The van der Waals surface area contributed by atoms with Crippen LogP contribution in [-0.2, 0) is 26.6 Å². The van der Waals surface area contributed by atoms with Crippen LogP contribution in [-0.4, -0.2) is 66.8 Å². The van der Waals surface area contributed by atoms with E-state index in [1.165, 1.54) is 25.1 Å². The van der Waals surface area contributed by atoms with Gasteiger partial charge in [-0.25, -0.2) is 17.9 Å². The van der Waals surface area contributed by atoms with Crippen LogP contribution in [0.2, 0.25) is 0 Å². The number of methoxy groups -OCH3 is 1. The number of aliphatic hydroxyl groups excluding tert-OH is 2. The van der Waals surface area contributed by atoms with Gasteiger partial charge in [0.15, 0.2) is 23.2 Å². The molecule has 0 amide bonds. The molecular weight excluding hydrogens is 553 g/mol. The van der Waals surface area contributed by atoms with Crippen LogP contribution in [0.5, 0.6) is 0 Å². The average molecular weight is 585 g/mol. The van der Waals surface area contributed by atoms with Gasteiger partial charge in [0, 0.05) is 30.4 Å². The van der Waals surface area contributed by atoms with Crippen molar-refractivity contribution in [2.45, 2.75) is 80.2 Å². The van der Waals surface area contributed by atoms with Crippen molar-refractivity contribution in [1.29, 1.82) is 0 Å². The SMILES string of the molecule is COC1CC(O)C(CO)(n2cc(-c3cc(F)c(F)c(F)c3)nn2)OC1SCc1noc(C2(O)CCCCC2)c1C. The monoisotopic (exact) mass is 584 g/mol. The van der Waals surface area contributed by atoms with Gasteiger partial charge in [-0.15, -0.1) is 16.9 Å². The molecule has 10 nitrogen and oxygen atoms in total. The zero-order valence-corrected chi connectivity index (χ0v) is 22.8. The highest BCUT2D eigenvalue weighted by Gasteiger charge is 2.51. The quantitative estimate of drug-likeness (QED) is 0.338. The third kappa shape index (κ3) is 5.16. The van der Waals surface area contributed by atoms with Gasteiger partial charge >= 0.3 is 0 Å². The Hall–Kier alpha value is -2.49. The Kier molecular flexibility index (Phi) is 8.28. The van der Waals surface area contributed by atoms with Crippen LogP contribution in [0, 0.1) is 24.4 Å². The summed E-state index contributed by atoms with van der Waals surface area (Å²) in [6.45, 7) is 1.14. The summed E-state index contributed by atoms with van der Waals surface area (Å²) in [5.41, 5.74) is -2.27. The van der Waals surface area contributed by atoms with Gasteiger partial charge in [-0.05, 0) is 31.9 Å². The second kappa shape index (κ2) is 11.4. The number of ether oxygens (including phenoxy) is 2. The first-order valence-electron chi connectivity index (χ1n) is 13.0. The van der Waals surface area contributed by atoms with E-state index in [1.54, 1.807) is 0 Å². The number of hydrogen-bond donors (Lipinski definition) is 3. The summed E-state index contributed by atoms with van der Waals surface area (Å²) < 4.78 is 59.5. The molecule has 0 radical (unpaired) electrons. The Bertz CT molecular complexity index is 1330. The molecule has 4 unspecified atom stereocenters. The van der Waals surface area contributed by atoms with Crippen LogP contribution < -0.4 is 0 Å². The molecule has 5 rings (SSSR count). The van der Waals surface area contributed by atoms with Crippen molar-refractivity contribution < 1.29 is 42.5 Å². The van der Waals surface area contributed by atoms with Crippen molar-refractivity contribution in [3.05, 3.63) is 52.8 Å². The Morgan fingerprint density at radius 2 is 1.88 bits per heavy atom. The van der Waals surface area contributed by atoms with Crippen molar-refractivity contribution in [3.8, 4) is 11.3 Å². The second-order valence-corrected chi connectivity index (χ2v) is 11.4. The van der Waals surface area contributed by atoms with Gasteiger partial charge < -0.3 is 29.3 Å². The molecule has 1 aliphatic carbocycles. The van der Waals surface area contributed by atoms with Crippen molar-refractivity contribution in [2.75, 3.05) is 13.7 Å². The van der Waals surface area contributed by atoms with E-state index in [4.69, 9.17) is 14.0 Å². The molecule has 3 aromatic rings. The van der Waals surface area contributed by atoms with E-state index >= 15 is 0 Å². The molecular formula is C26H31F3N4O6S. The van der Waals surface area contributed by atoms with Crippen molar-refractivity contribution >= 4 is 11.8 Å². The van der Waals surface area contributed by atoms with Gasteiger partial charge in [-0.3, -0.25) is 0 Å². The number of thioether (sulfide) groups is 1. The van der Waals surface area contributed by atoms with Gasteiger partial charge in [0.05, 0.1) is 24.6 Å². The van der Waals surface area contributed by atoms with Gasteiger partial charge in [0.2, 0.25) is 5.72 Å². The van der Waals surface area contributed by atoms with E-state index in [0.29, 0.717) is 30.0 Å². The van der Waals surface area contributed by atoms with Crippen molar-refractivity contribution in [2.24, 2.45) is 0 Å². The lowest BCUT2D eigenvalue weighted by atomic mass is 9.82. The molecule has 3 heterocycles. The predicted octanol–water partition coefficient (Wildman–Crippen LogP) is 3.51. The largest absolute Gasteiger partial charge is 0.391 e. The van der Waals surface area contributed by atoms with E-state index < -0.39 is 53.0 Å². The fourth-order valence-corrected chi connectivity index (χ4v) is 6.65. The number of aromatic nitrogens is 4. The predicted molar refractivity (Wildman–Crippen MR) is 136 cm³/mol. The Morgan fingerprint density at radius 3 is 2.52 bits per heavy atom. The normalized spacial score (nSPS) is 26.8. The number of rotatable bonds is 8. The third-order valence-electron chi connectivity index (χ3n) is 7.80. The zero-order chi connectivity index (χ0) is 28.7. The Balaban J connectivity index is 1.37. The first kappa shape index (κ1) is 29.0. The van der Waals surface area contributed by atoms with Gasteiger partial charge in [-0.1, -0.05) is 29.6 Å². The number of aliphatic hydroxyl groups is 3. The van der Waals surface area contributed by atoms with Crippen molar-refractivity contribution in [1.82, 2.24) is 20.2 Å². The molecule has 2 fully saturated rings. The van der Waals surface area contributed by atoms with E-state index in [9.17, 15) is 28.5 Å². The highest BCUT2D eigenvalue weighted by Crippen LogP contribution is 2.42. The van der Waals surface area contributed by atoms with E-state index in [0.717, 1.165) is 41.6 Å². The van der Waals surface area contributed by atoms with Crippen LogP contribution in [0.4, 0.5) is 13.2 Å². The summed E-state index contributed by atoms with van der Waals surface area (Å²) in [4.78, 5) is 0. The molecule has 218 valence electrons. The fourth-order valence-electron chi connectivity index (χ4n) is 5.39. The standard InChI is InChI=1S/C26H31F3N4O6S/c1-14-19(31-39-23(14)25(36)6-4-3-5-7-25)12-40-24-20(37-2)10-21(35)26(13-34,38-24)33-11-18(30-32-33)15-8-16(27)22(29)17(28)9-15/h8-9,11,20-21,24,34-36H,3-7,10,12-13H2,1-2H3. The lowest BCUT2D eigenvalue weighted by Gasteiger charge is -2.45. The fraction of sp³-hybridized carbons (Fsp3) is 0.577. The second-order valence-electron chi connectivity index (χ2n) is 10.3. The van der Waals surface area contributed by atoms with Crippen LogP contribution in [0.3, 0.4) is 0 Å². The Labute approximate surface area is 232 Å². The molecule has 2 aromatic heterocycles. The first-order valence-corrected chi connectivity index (χ1v) is 14.0. The maximum atomic E-state index is 13.8. The minimum atomic E-state index is -1.80. The molecule has 0 spiro atoms. The lowest BCUT2D eigenvalue weighted by Crippen LogP contribution is -2.59. The van der Waals surface area contributed by atoms with Crippen molar-refractivity contribution in [3.63, 3.8) is 0 Å². The summed E-state index contributed by atoms with van der Waals surface area (Å²) >= 11 is 1.30. The molecule has 1 saturated heterocycles. The summed E-state index contributed by atoms with van der Waals surface area (Å²) in [5, 5.41) is 44.6. The van der Waals surface area contributed by atoms with E-state index in [2.05, 4.69) is 15.5 Å². The zero-order valence-electron chi connectivity index (χ0n) is 22.0. The summed E-state index contributed by atoms with van der Waals surface area (Å²) in [6.07, 6.45) is 3.56. The summed E-state index contributed by atoms with van der Waals surface area (Å²) in [7, 11) is 1.48. The smallest absolute Gasteiger partial charge is 0.212 e. The average Bonchev–Trinajstić information content (AvgIpc) is 3.59. The minimum Gasteiger partial charge on any atom is -0.391 e. The highest BCUT2D eigenvalue weighted by molar-refractivity contribution is 7.99. The molecule has 2 aliphatic rings. The first-order chi connectivity index (χ1) is 19.1. The topological polar surface area (TPSA) is 136 Å². The Morgan fingerprint density at radius 1 is 1.18 bits per heavy atom. The molecule has 0 bridgehead atoms. The summed E-state index contributed by atoms with van der Waals surface area (Å²) in [5.74, 6) is -3.60. The summed E-state index contributed by atoms with van der Waals surface area (Å²) in [6, 6.07) is 1.54. The van der Waals surface area contributed by atoms with E-state index in [-0.39, 0.29) is 17.7 Å². The van der Waals surface area contributed by atoms with E-state index in [1.807, 2.05) is 6.92 Å². The van der Waals surface area contributed by atoms with Gasteiger partial charge in [0.1, 0.15) is 22.8 Å². The number of benzene rings is 1. The number of halogens is 3. The highest BCUT2D eigenvalue weighted by atomic mass is 32.2. The maximum absolute atomic E-state index is 13.8. The van der Waals surface area contributed by atoms with Crippen LogP contribution in [0.25, 0.3) is 11.3 Å². The third-order valence-corrected chi connectivity index (χ3v) is 8.97. The van der Waals surface area contributed by atoms with Gasteiger partial charge in [-0.2, -0.15) is 0 Å². The molecule has 3 N–H and O–H groups in total. The molecule has 40 heavy (non-hydrogen) atoms. The number of hydrogen-bond acceptors (Lipinski definition) is 10. The minimum absolute atomic E-state index is 0.0223. The molecule has 1 aromatic carbocycles. The van der Waals surface area contributed by atoms with Crippen LogP contribution >= 0.6 is 11.8 Å².